The third kappa shape index (κ3) is 4.61. The van der Waals surface area contributed by atoms with Gasteiger partial charge in [0.25, 0.3) is 5.91 Å². The van der Waals surface area contributed by atoms with E-state index in [-0.39, 0.29) is 24.4 Å². The fraction of sp³-hybridized carbons (Fsp3) is 0.429. The molecule has 0 aliphatic carbocycles. The van der Waals surface area contributed by atoms with Crippen molar-refractivity contribution in [3.63, 3.8) is 0 Å². The number of H-pyrrole nitrogens is 1. The molecule has 0 spiro atoms. The highest BCUT2D eigenvalue weighted by atomic mass is 35.5. The smallest absolute Gasteiger partial charge is 0.272 e. The number of amides is 1. The molecule has 0 aliphatic heterocycles. The summed E-state index contributed by atoms with van der Waals surface area (Å²) in [7, 11) is 0. The van der Waals surface area contributed by atoms with Crippen LogP contribution < -0.4 is 11.1 Å². The molecule has 2 rings (SSSR count). The van der Waals surface area contributed by atoms with Gasteiger partial charge in [0.2, 0.25) is 0 Å². The van der Waals surface area contributed by atoms with Gasteiger partial charge in [-0.05, 0) is 24.5 Å². The van der Waals surface area contributed by atoms with Gasteiger partial charge in [0.05, 0.1) is 6.26 Å². The first-order valence-corrected chi connectivity index (χ1v) is 6.70. The molecule has 0 fully saturated rings. The summed E-state index contributed by atoms with van der Waals surface area (Å²) >= 11 is 0. The van der Waals surface area contributed by atoms with Crippen LogP contribution >= 0.6 is 12.4 Å². The summed E-state index contributed by atoms with van der Waals surface area (Å²) in [6.07, 6.45) is 2.42. The molecule has 1 atom stereocenters. The molecule has 6 nitrogen and oxygen atoms in total. The average Bonchev–Trinajstić information content (AvgIpc) is 3.07. The normalized spacial score (nSPS) is 12.0. The van der Waals surface area contributed by atoms with Crippen LogP contribution in [0, 0.1) is 5.92 Å². The minimum Gasteiger partial charge on any atom is -0.463 e. The number of halogens is 1. The van der Waals surface area contributed by atoms with Crippen molar-refractivity contribution in [3.05, 3.63) is 30.2 Å². The first-order valence-electron chi connectivity index (χ1n) is 6.70. The molecule has 7 heteroatoms. The summed E-state index contributed by atoms with van der Waals surface area (Å²) in [6.45, 7) is 4.61. The fourth-order valence-corrected chi connectivity index (χ4v) is 2.04. The summed E-state index contributed by atoms with van der Waals surface area (Å²) in [5.74, 6) is 0.894. The second kappa shape index (κ2) is 7.85. The van der Waals surface area contributed by atoms with Crippen LogP contribution in [0.4, 0.5) is 0 Å². The number of hydrogen-bond acceptors (Lipinski definition) is 4. The van der Waals surface area contributed by atoms with Gasteiger partial charge in [-0.3, -0.25) is 9.89 Å². The maximum atomic E-state index is 12.1. The van der Waals surface area contributed by atoms with E-state index in [0.717, 1.165) is 6.42 Å². The molecule has 1 amide bonds. The second-order valence-corrected chi connectivity index (χ2v) is 5.18. The van der Waals surface area contributed by atoms with Gasteiger partial charge >= 0.3 is 0 Å². The zero-order valence-electron chi connectivity index (χ0n) is 12.1. The maximum absolute atomic E-state index is 12.1. The summed E-state index contributed by atoms with van der Waals surface area (Å²) < 4.78 is 5.24. The van der Waals surface area contributed by atoms with Crippen molar-refractivity contribution in [1.82, 2.24) is 15.5 Å². The number of rotatable bonds is 6. The topological polar surface area (TPSA) is 96.9 Å². The number of furan rings is 1. The van der Waals surface area contributed by atoms with Gasteiger partial charge in [0, 0.05) is 18.7 Å². The maximum Gasteiger partial charge on any atom is 0.272 e. The first kappa shape index (κ1) is 17.3. The van der Waals surface area contributed by atoms with Crippen molar-refractivity contribution < 1.29 is 9.21 Å². The minimum absolute atomic E-state index is 0. The lowest BCUT2D eigenvalue weighted by molar-refractivity contribution is 0.0928. The highest BCUT2D eigenvalue weighted by molar-refractivity contribution is 5.93. The van der Waals surface area contributed by atoms with E-state index in [1.165, 1.54) is 0 Å². The van der Waals surface area contributed by atoms with Crippen molar-refractivity contribution in [2.24, 2.45) is 11.7 Å². The summed E-state index contributed by atoms with van der Waals surface area (Å²) in [5, 5.41) is 9.68. The van der Waals surface area contributed by atoms with Gasteiger partial charge in [-0.15, -0.1) is 12.4 Å². The van der Waals surface area contributed by atoms with E-state index < -0.39 is 0 Å². The Morgan fingerprint density at radius 3 is 2.86 bits per heavy atom. The number of carbonyl (C=O) groups excluding carboxylic acids is 1. The summed E-state index contributed by atoms with van der Waals surface area (Å²) in [4.78, 5) is 12.1. The van der Waals surface area contributed by atoms with E-state index in [1.54, 1.807) is 24.5 Å². The largest absolute Gasteiger partial charge is 0.463 e. The van der Waals surface area contributed by atoms with Crippen molar-refractivity contribution >= 4 is 18.3 Å². The highest BCUT2D eigenvalue weighted by Gasteiger charge is 2.17. The van der Waals surface area contributed by atoms with Crippen LogP contribution in [0.3, 0.4) is 0 Å². The Kier molecular flexibility index (Phi) is 6.45. The summed E-state index contributed by atoms with van der Waals surface area (Å²) in [5.41, 5.74) is 6.68. The van der Waals surface area contributed by atoms with Crippen LogP contribution in [-0.4, -0.2) is 28.7 Å². The summed E-state index contributed by atoms with van der Waals surface area (Å²) in [6, 6.07) is 5.21. The van der Waals surface area contributed by atoms with E-state index >= 15 is 0 Å². The van der Waals surface area contributed by atoms with Crippen molar-refractivity contribution in [2.45, 2.75) is 26.3 Å². The number of hydrogen-bond donors (Lipinski definition) is 3. The number of nitrogens with two attached hydrogens (primary N) is 1. The SMILES string of the molecule is CC(C)CC(CN)NC(=O)c1cc(-c2ccco2)[nH]n1.Cl. The van der Waals surface area contributed by atoms with Crippen LogP contribution in [0.15, 0.2) is 28.9 Å². The van der Waals surface area contributed by atoms with E-state index in [9.17, 15) is 4.79 Å². The van der Waals surface area contributed by atoms with Crippen molar-refractivity contribution in [2.75, 3.05) is 6.54 Å². The molecule has 0 aliphatic rings. The molecule has 21 heavy (non-hydrogen) atoms. The molecule has 0 radical (unpaired) electrons. The van der Waals surface area contributed by atoms with Crippen LogP contribution in [0.2, 0.25) is 0 Å². The van der Waals surface area contributed by atoms with E-state index in [4.69, 9.17) is 10.2 Å². The number of aromatic nitrogens is 2. The van der Waals surface area contributed by atoms with Crippen molar-refractivity contribution in [1.29, 1.82) is 0 Å². The molecule has 116 valence electrons. The molecule has 2 heterocycles. The van der Waals surface area contributed by atoms with Crippen molar-refractivity contribution in [3.8, 4) is 11.5 Å². The molecule has 4 N–H and O–H groups in total. The van der Waals surface area contributed by atoms with Crippen LogP contribution in [0.5, 0.6) is 0 Å². The van der Waals surface area contributed by atoms with Gasteiger partial charge in [0.15, 0.2) is 11.5 Å². The third-order valence-corrected chi connectivity index (χ3v) is 2.97. The Bertz CT molecular complexity index is 551. The molecule has 2 aromatic rings. The minimum atomic E-state index is -0.227. The van der Waals surface area contributed by atoms with Gasteiger partial charge < -0.3 is 15.5 Å². The number of aromatic amines is 1. The van der Waals surface area contributed by atoms with Gasteiger partial charge in [-0.2, -0.15) is 5.10 Å². The lowest BCUT2D eigenvalue weighted by atomic mass is 10.0. The number of carbonyl (C=O) groups is 1. The predicted molar refractivity (Wildman–Crippen MR) is 83.3 cm³/mol. The van der Waals surface area contributed by atoms with Crippen LogP contribution in [0.25, 0.3) is 11.5 Å². The highest BCUT2D eigenvalue weighted by Crippen LogP contribution is 2.17. The number of nitrogens with one attached hydrogen (secondary N) is 2. The van der Waals surface area contributed by atoms with Gasteiger partial charge in [0.1, 0.15) is 5.69 Å². The quantitative estimate of drug-likeness (QED) is 0.761. The molecule has 1 unspecified atom stereocenters. The number of nitrogens with zero attached hydrogens (tertiary/aromatic N) is 1. The Morgan fingerprint density at radius 1 is 1.52 bits per heavy atom. The lowest BCUT2D eigenvalue weighted by Crippen LogP contribution is -2.41. The first-order chi connectivity index (χ1) is 9.60. The Morgan fingerprint density at radius 2 is 2.29 bits per heavy atom. The van der Waals surface area contributed by atoms with Crippen LogP contribution in [-0.2, 0) is 0 Å². The van der Waals surface area contributed by atoms with E-state index in [2.05, 4.69) is 29.4 Å². The van der Waals surface area contributed by atoms with Gasteiger partial charge in [-0.1, -0.05) is 13.8 Å². The molecule has 2 aromatic heterocycles. The monoisotopic (exact) mass is 312 g/mol. The zero-order chi connectivity index (χ0) is 14.5. The Balaban J connectivity index is 0.00000220. The molecule has 0 aromatic carbocycles. The molecule has 0 saturated carbocycles. The van der Waals surface area contributed by atoms with Gasteiger partial charge in [-0.25, -0.2) is 0 Å². The Labute approximate surface area is 129 Å². The van der Waals surface area contributed by atoms with E-state index in [1.807, 2.05) is 0 Å². The molecular formula is C14H21ClN4O2. The molecule has 0 saturated heterocycles. The standard InChI is InChI=1S/C14H20N4O2.ClH/c1-9(2)6-10(8-15)16-14(19)12-7-11(17-18-12)13-4-3-5-20-13;/h3-5,7,9-10H,6,8,15H2,1-2H3,(H,16,19)(H,17,18);1H. The Hall–Kier alpha value is -1.79. The second-order valence-electron chi connectivity index (χ2n) is 5.18. The third-order valence-electron chi connectivity index (χ3n) is 2.97. The zero-order valence-corrected chi connectivity index (χ0v) is 12.9. The molecule has 0 bridgehead atoms. The molecular weight excluding hydrogens is 292 g/mol. The van der Waals surface area contributed by atoms with Crippen LogP contribution in [0.1, 0.15) is 30.8 Å². The van der Waals surface area contributed by atoms with E-state index in [0.29, 0.717) is 29.6 Å². The predicted octanol–water partition coefficient (Wildman–Crippen LogP) is 2.19. The fourth-order valence-electron chi connectivity index (χ4n) is 2.04. The average molecular weight is 313 g/mol. The lowest BCUT2D eigenvalue weighted by Gasteiger charge is -2.17.